The summed E-state index contributed by atoms with van der Waals surface area (Å²) in [5.41, 5.74) is 6.13. The van der Waals surface area contributed by atoms with Gasteiger partial charge in [-0.3, -0.25) is 10.1 Å². The maximum absolute atomic E-state index is 10.6. The summed E-state index contributed by atoms with van der Waals surface area (Å²) in [5, 5.41) is 10.6. The van der Waals surface area contributed by atoms with E-state index in [1.54, 1.807) is 19.1 Å². The molecular formula is C9H12N2O3. The molecule has 5 nitrogen and oxygen atoms in total. The number of nitro groups is 1. The van der Waals surface area contributed by atoms with Crippen molar-refractivity contribution >= 4 is 5.69 Å². The summed E-state index contributed by atoms with van der Waals surface area (Å²) in [6, 6.07) is 4.15. The van der Waals surface area contributed by atoms with Gasteiger partial charge in [-0.2, -0.15) is 0 Å². The summed E-state index contributed by atoms with van der Waals surface area (Å²) < 4.78 is 4.96. The van der Waals surface area contributed by atoms with E-state index in [-0.39, 0.29) is 11.7 Å². The van der Waals surface area contributed by atoms with E-state index in [0.29, 0.717) is 11.3 Å². The molecule has 1 rings (SSSR count). The largest absolute Gasteiger partial charge is 0.497 e. The second kappa shape index (κ2) is 4.06. The van der Waals surface area contributed by atoms with Gasteiger partial charge in [-0.1, -0.05) is 0 Å². The maximum Gasteiger partial charge on any atom is 0.274 e. The molecule has 0 heterocycles. The predicted octanol–water partition coefficient (Wildman–Crippen LogP) is 1.62. The zero-order chi connectivity index (χ0) is 10.7. The normalized spacial score (nSPS) is 12.2. The molecule has 1 aromatic rings. The Morgan fingerprint density at radius 2 is 2.21 bits per heavy atom. The minimum absolute atomic E-state index is 0.0285. The molecule has 0 bridgehead atoms. The van der Waals surface area contributed by atoms with Crippen molar-refractivity contribution in [1.82, 2.24) is 0 Å². The van der Waals surface area contributed by atoms with Gasteiger partial charge in [-0.15, -0.1) is 0 Å². The van der Waals surface area contributed by atoms with E-state index in [4.69, 9.17) is 10.5 Å². The first-order chi connectivity index (χ1) is 6.56. The highest BCUT2D eigenvalue weighted by atomic mass is 16.6. The third-order valence-corrected chi connectivity index (χ3v) is 1.92. The Labute approximate surface area is 81.6 Å². The highest BCUT2D eigenvalue weighted by Gasteiger charge is 2.17. The Kier molecular flexibility index (Phi) is 3.03. The zero-order valence-corrected chi connectivity index (χ0v) is 8.06. The van der Waals surface area contributed by atoms with Gasteiger partial charge in [-0.05, 0) is 19.1 Å². The van der Waals surface area contributed by atoms with E-state index in [9.17, 15) is 10.1 Å². The molecule has 2 N–H and O–H groups in total. The minimum atomic E-state index is -0.446. The fraction of sp³-hybridized carbons (Fsp3) is 0.333. The number of nitrogens with two attached hydrogens (primary N) is 1. The summed E-state index contributed by atoms with van der Waals surface area (Å²) in [5.74, 6) is 0.572. The van der Waals surface area contributed by atoms with Gasteiger partial charge in [0.1, 0.15) is 5.75 Å². The van der Waals surface area contributed by atoms with Crippen molar-refractivity contribution in [2.24, 2.45) is 5.73 Å². The SMILES string of the molecule is COc1ccc([N+](=O)[O-])c(C(C)N)c1. The lowest BCUT2D eigenvalue weighted by Crippen LogP contribution is -2.08. The summed E-state index contributed by atoms with van der Waals surface area (Å²) >= 11 is 0. The smallest absolute Gasteiger partial charge is 0.274 e. The van der Waals surface area contributed by atoms with Crippen LogP contribution in [0, 0.1) is 10.1 Å². The number of rotatable bonds is 3. The van der Waals surface area contributed by atoms with Gasteiger partial charge in [0.25, 0.3) is 5.69 Å². The van der Waals surface area contributed by atoms with Crippen LogP contribution in [0.15, 0.2) is 18.2 Å². The molecule has 1 aromatic carbocycles. The lowest BCUT2D eigenvalue weighted by molar-refractivity contribution is -0.385. The second-order valence-corrected chi connectivity index (χ2v) is 2.97. The summed E-state index contributed by atoms with van der Waals surface area (Å²) in [4.78, 5) is 10.2. The van der Waals surface area contributed by atoms with Crippen LogP contribution in [0.1, 0.15) is 18.5 Å². The number of nitrogens with zero attached hydrogens (tertiary/aromatic N) is 1. The van der Waals surface area contributed by atoms with Crippen molar-refractivity contribution in [1.29, 1.82) is 0 Å². The van der Waals surface area contributed by atoms with E-state index < -0.39 is 4.92 Å². The van der Waals surface area contributed by atoms with Crippen molar-refractivity contribution in [2.75, 3.05) is 7.11 Å². The summed E-state index contributed by atoms with van der Waals surface area (Å²) in [7, 11) is 1.51. The van der Waals surface area contributed by atoms with Crippen molar-refractivity contribution in [3.63, 3.8) is 0 Å². The van der Waals surface area contributed by atoms with Crippen molar-refractivity contribution < 1.29 is 9.66 Å². The minimum Gasteiger partial charge on any atom is -0.497 e. The van der Waals surface area contributed by atoms with Crippen molar-refractivity contribution in [2.45, 2.75) is 13.0 Å². The van der Waals surface area contributed by atoms with E-state index in [0.717, 1.165) is 0 Å². The maximum atomic E-state index is 10.6. The Balaban J connectivity index is 3.24. The second-order valence-electron chi connectivity index (χ2n) is 2.97. The van der Waals surface area contributed by atoms with Gasteiger partial charge in [-0.25, -0.2) is 0 Å². The van der Waals surface area contributed by atoms with Gasteiger partial charge >= 0.3 is 0 Å². The number of nitro benzene ring substituents is 1. The summed E-state index contributed by atoms with van der Waals surface area (Å²) in [6.45, 7) is 1.70. The molecule has 0 radical (unpaired) electrons. The zero-order valence-electron chi connectivity index (χ0n) is 8.06. The number of benzene rings is 1. The van der Waals surface area contributed by atoms with Crippen LogP contribution in [-0.2, 0) is 0 Å². The summed E-state index contributed by atoms with van der Waals surface area (Å²) in [6.07, 6.45) is 0. The first kappa shape index (κ1) is 10.5. The topological polar surface area (TPSA) is 78.4 Å². The highest BCUT2D eigenvalue weighted by Crippen LogP contribution is 2.27. The quantitative estimate of drug-likeness (QED) is 0.588. The van der Waals surface area contributed by atoms with Crippen LogP contribution in [0.3, 0.4) is 0 Å². The number of methoxy groups -OCH3 is 1. The molecule has 0 saturated carbocycles. The van der Waals surface area contributed by atoms with Crippen LogP contribution in [0.25, 0.3) is 0 Å². The van der Waals surface area contributed by atoms with E-state index in [1.165, 1.54) is 13.2 Å². The van der Waals surface area contributed by atoms with Crippen LogP contribution in [0.2, 0.25) is 0 Å². The number of ether oxygens (including phenoxy) is 1. The first-order valence-corrected chi connectivity index (χ1v) is 4.14. The molecule has 1 unspecified atom stereocenters. The van der Waals surface area contributed by atoms with E-state index in [1.807, 2.05) is 0 Å². The van der Waals surface area contributed by atoms with Crippen LogP contribution >= 0.6 is 0 Å². The Bertz CT molecular complexity index is 350. The lowest BCUT2D eigenvalue weighted by Gasteiger charge is -2.08. The molecule has 0 aliphatic rings. The third kappa shape index (κ3) is 2.00. The molecule has 14 heavy (non-hydrogen) atoms. The average molecular weight is 196 g/mol. The molecule has 0 spiro atoms. The molecule has 1 atom stereocenters. The number of hydrogen-bond donors (Lipinski definition) is 1. The lowest BCUT2D eigenvalue weighted by atomic mass is 10.1. The van der Waals surface area contributed by atoms with Gasteiger partial charge in [0.2, 0.25) is 0 Å². The third-order valence-electron chi connectivity index (χ3n) is 1.92. The van der Waals surface area contributed by atoms with Gasteiger partial charge < -0.3 is 10.5 Å². The molecular weight excluding hydrogens is 184 g/mol. The predicted molar refractivity (Wildman–Crippen MR) is 52.3 cm³/mol. The van der Waals surface area contributed by atoms with E-state index in [2.05, 4.69) is 0 Å². The van der Waals surface area contributed by atoms with Crippen molar-refractivity contribution in [3.8, 4) is 5.75 Å². The molecule has 0 aliphatic carbocycles. The van der Waals surface area contributed by atoms with Crippen molar-refractivity contribution in [3.05, 3.63) is 33.9 Å². The molecule has 0 amide bonds. The van der Waals surface area contributed by atoms with Gasteiger partial charge in [0, 0.05) is 17.7 Å². The first-order valence-electron chi connectivity index (χ1n) is 4.14. The molecule has 76 valence electrons. The fourth-order valence-corrected chi connectivity index (χ4v) is 1.19. The van der Waals surface area contributed by atoms with E-state index >= 15 is 0 Å². The standard InChI is InChI=1S/C9H12N2O3/c1-6(10)8-5-7(14-2)3-4-9(8)11(12)13/h3-6H,10H2,1-2H3. The molecule has 0 saturated heterocycles. The monoisotopic (exact) mass is 196 g/mol. The van der Waals surface area contributed by atoms with Crippen LogP contribution in [0.5, 0.6) is 5.75 Å². The number of hydrogen-bond acceptors (Lipinski definition) is 4. The Hall–Kier alpha value is -1.62. The average Bonchev–Trinajstić information content (AvgIpc) is 2.16. The molecule has 0 aliphatic heterocycles. The molecule has 5 heteroatoms. The molecule has 0 fully saturated rings. The highest BCUT2D eigenvalue weighted by molar-refractivity contribution is 5.46. The van der Waals surface area contributed by atoms with Crippen LogP contribution < -0.4 is 10.5 Å². The van der Waals surface area contributed by atoms with Crippen LogP contribution in [-0.4, -0.2) is 12.0 Å². The van der Waals surface area contributed by atoms with Gasteiger partial charge in [0.15, 0.2) is 0 Å². The fourth-order valence-electron chi connectivity index (χ4n) is 1.19. The Morgan fingerprint density at radius 3 is 2.64 bits per heavy atom. The van der Waals surface area contributed by atoms with Gasteiger partial charge in [0.05, 0.1) is 12.0 Å². The Morgan fingerprint density at radius 1 is 1.57 bits per heavy atom. The van der Waals surface area contributed by atoms with Crippen LogP contribution in [0.4, 0.5) is 5.69 Å². The molecule has 0 aromatic heterocycles.